The van der Waals surface area contributed by atoms with Crippen LogP contribution in [0.5, 0.6) is 0 Å². The molecule has 1 atom stereocenters. The summed E-state index contributed by atoms with van der Waals surface area (Å²) in [6, 6.07) is 12.8. The van der Waals surface area contributed by atoms with Crippen LogP contribution < -0.4 is 10.6 Å². The highest BCUT2D eigenvalue weighted by Gasteiger charge is 2.30. The van der Waals surface area contributed by atoms with Crippen molar-refractivity contribution >= 4 is 28.3 Å². The van der Waals surface area contributed by atoms with Crippen molar-refractivity contribution in [1.82, 2.24) is 15.3 Å². The quantitative estimate of drug-likeness (QED) is 0.696. The van der Waals surface area contributed by atoms with Crippen molar-refractivity contribution in [2.24, 2.45) is 0 Å². The largest absolute Gasteiger partial charge is 0.351 e. The third-order valence-electron chi connectivity index (χ3n) is 4.72. The molecule has 2 N–H and O–H groups in total. The Morgan fingerprint density at radius 3 is 2.79 bits per heavy atom. The molecule has 2 heterocycles. The van der Waals surface area contributed by atoms with Crippen molar-refractivity contribution in [1.29, 1.82) is 0 Å². The summed E-state index contributed by atoms with van der Waals surface area (Å²) in [4.78, 5) is 34.8. The molecule has 0 unspecified atom stereocenters. The van der Waals surface area contributed by atoms with Crippen LogP contribution in [-0.2, 0) is 17.8 Å². The van der Waals surface area contributed by atoms with Gasteiger partial charge in [0.2, 0.25) is 5.91 Å². The van der Waals surface area contributed by atoms with Crippen molar-refractivity contribution in [3.8, 4) is 0 Å². The molecule has 0 bridgehead atoms. The average molecular weight is 392 g/mol. The number of rotatable bonds is 5. The zero-order chi connectivity index (χ0) is 19.3. The van der Waals surface area contributed by atoms with E-state index in [9.17, 15) is 9.59 Å². The van der Waals surface area contributed by atoms with Crippen LogP contribution in [0.2, 0.25) is 0 Å². The van der Waals surface area contributed by atoms with Gasteiger partial charge in [-0.05, 0) is 43.0 Å². The summed E-state index contributed by atoms with van der Waals surface area (Å²) in [5.41, 5.74) is 2.34. The highest BCUT2D eigenvalue weighted by Crippen LogP contribution is 2.37. The van der Waals surface area contributed by atoms with Gasteiger partial charge < -0.3 is 5.32 Å². The minimum atomic E-state index is -0.279. The summed E-state index contributed by atoms with van der Waals surface area (Å²) in [5.74, 6) is -0.501. The number of nitrogens with one attached hydrogen (secondary N) is 2. The first-order valence-electron chi connectivity index (χ1n) is 9.23. The van der Waals surface area contributed by atoms with E-state index in [4.69, 9.17) is 0 Å². The molecule has 2 aromatic heterocycles. The highest BCUT2D eigenvalue weighted by molar-refractivity contribution is 7.15. The first kappa shape index (κ1) is 18.3. The normalized spacial score (nSPS) is 15.5. The second kappa shape index (κ2) is 8.31. The van der Waals surface area contributed by atoms with Gasteiger partial charge in [0.15, 0.2) is 5.13 Å². The molecule has 0 fully saturated rings. The number of carbonyl (C=O) groups is 2. The average Bonchev–Trinajstić information content (AvgIpc) is 3.15. The van der Waals surface area contributed by atoms with E-state index in [-0.39, 0.29) is 17.7 Å². The second-order valence-corrected chi connectivity index (χ2v) is 7.76. The van der Waals surface area contributed by atoms with E-state index in [1.54, 1.807) is 24.5 Å². The number of fused-ring (bicyclic) bond motifs is 1. The van der Waals surface area contributed by atoms with Gasteiger partial charge in [0.05, 0.1) is 11.6 Å². The molecule has 0 saturated carbocycles. The minimum absolute atomic E-state index is 0.0314. The summed E-state index contributed by atoms with van der Waals surface area (Å²) in [5, 5.41) is 6.39. The summed E-state index contributed by atoms with van der Waals surface area (Å²) in [7, 11) is 0. The van der Waals surface area contributed by atoms with Crippen LogP contribution in [0.15, 0.2) is 54.9 Å². The Morgan fingerprint density at radius 2 is 2.00 bits per heavy atom. The van der Waals surface area contributed by atoms with Crippen molar-refractivity contribution in [3.05, 3.63) is 76.6 Å². The number of carbonyl (C=O) groups excluding carboxylic acids is 2. The van der Waals surface area contributed by atoms with Gasteiger partial charge in [-0.3, -0.25) is 19.9 Å². The summed E-state index contributed by atoms with van der Waals surface area (Å²) < 4.78 is 0. The Bertz CT molecular complexity index is 973. The molecule has 0 spiro atoms. The van der Waals surface area contributed by atoms with Crippen LogP contribution in [-0.4, -0.2) is 21.8 Å². The Balaban J connectivity index is 1.45. The summed E-state index contributed by atoms with van der Waals surface area (Å²) >= 11 is 1.46. The zero-order valence-corrected chi connectivity index (χ0v) is 16.0. The van der Waals surface area contributed by atoms with Gasteiger partial charge in [-0.2, -0.15) is 0 Å². The van der Waals surface area contributed by atoms with Crippen LogP contribution in [0.3, 0.4) is 0 Å². The maximum Gasteiger partial charge on any atom is 0.257 e. The molecule has 0 saturated heterocycles. The zero-order valence-electron chi connectivity index (χ0n) is 15.2. The van der Waals surface area contributed by atoms with Crippen molar-refractivity contribution < 1.29 is 9.59 Å². The van der Waals surface area contributed by atoms with Crippen LogP contribution in [0, 0.1) is 0 Å². The van der Waals surface area contributed by atoms with Crippen LogP contribution in [0.1, 0.15) is 45.3 Å². The van der Waals surface area contributed by atoms with Gasteiger partial charge in [-0.25, -0.2) is 4.98 Å². The predicted molar refractivity (Wildman–Crippen MR) is 108 cm³/mol. The van der Waals surface area contributed by atoms with Gasteiger partial charge in [0, 0.05) is 29.4 Å². The van der Waals surface area contributed by atoms with Gasteiger partial charge in [-0.1, -0.05) is 24.3 Å². The van der Waals surface area contributed by atoms with Gasteiger partial charge in [0.25, 0.3) is 5.91 Å². The Kier molecular flexibility index (Phi) is 5.43. The molecule has 2 amide bonds. The molecular formula is C21H20N4O2S. The molecule has 1 aromatic carbocycles. The number of aryl methyl sites for hydroxylation is 1. The lowest BCUT2D eigenvalue weighted by atomic mass is 9.90. The van der Waals surface area contributed by atoms with Gasteiger partial charge >= 0.3 is 0 Å². The number of nitrogens with zero attached hydrogens (tertiary/aromatic N) is 2. The Morgan fingerprint density at radius 1 is 1.14 bits per heavy atom. The monoisotopic (exact) mass is 392 g/mol. The molecule has 0 aliphatic heterocycles. The lowest BCUT2D eigenvalue weighted by molar-refractivity contribution is -0.123. The van der Waals surface area contributed by atoms with Gasteiger partial charge in [-0.15, -0.1) is 11.3 Å². The molecule has 4 rings (SSSR count). The van der Waals surface area contributed by atoms with E-state index in [2.05, 4.69) is 20.6 Å². The fourth-order valence-electron chi connectivity index (χ4n) is 3.30. The number of hydrogen-bond donors (Lipinski definition) is 2. The third kappa shape index (κ3) is 4.09. The number of aromatic nitrogens is 2. The van der Waals surface area contributed by atoms with Crippen molar-refractivity contribution in [2.75, 3.05) is 5.32 Å². The molecule has 1 aliphatic rings. The van der Waals surface area contributed by atoms with Crippen LogP contribution >= 0.6 is 11.3 Å². The highest BCUT2D eigenvalue weighted by atomic mass is 32.1. The number of hydrogen-bond acceptors (Lipinski definition) is 5. The first-order valence-corrected chi connectivity index (χ1v) is 10.0. The van der Waals surface area contributed by atoms with Crippen molar-refractivity contribution in [3.63, 3.8) is 0 Å². The number of thiazole rings is 1. The third-order valence-corrected chi connectivity index (χ3v) is 5.76. The molecule has 0 radical (unpaired) electrons. The van der Waals surface area contributed by atoms with E-state index in [1.807, 2.05) is 30.3 Å². The Labute approximate surface area is 167 Å². The van der Waals surface area contributed by atoms with E-state index >= 15 is 0 Å². The number of benzene rings is 1. The van der Waals surface area contributed by atoms with Crippen LogP contribution in [0.25, 0.3) is 0 Å². The number of anilines is 1. The number of amides is 2. The fraction of sp³-hybridized carbons (Fsp3) is 0.238. The smallest absolute Gasteiger partial charge is 0.257 e. The molecular weight excluding hydrogens is 372 g/mol. The molecule has 28 heavy (non-hydrogen) atoms. The summed E-state index contributed by atoms with van der Waals surface area (Å²) in [6.45, 7) is 0.445. The minimum Gasteiger partial charge on any atom is -0.351 e. The summed E-state index contributed by atoms with van der Waals surface area (Å²) in [6.07, 6.45) is 6.04. The lowest BCUT2D eigenvalue weighted by Gasteiger charge is -2.20. The van der Waals surface area contributed by atoms with Crippen LogP contribution in [0.4, 0.5) is 5.13 Å². The molecule has 3 aromatic rings. The molecule has 142 valence electrons. The lowest BCUT2D eigenvalue weighted by Crippen LogP contribution is -2.31. The molecule has 1 aliphatic carbocycles. The van der Waals surface area contributed by atoms with Crippen molar-refractivity contribution in [2.45, 2.75) is 31.7 Å². The molecule has 7 heteroatoms. The Hall–Kier alpha value is -3.06. The first-order chi connectivity index (χ1) is 13.7. The molecule has 6 nitrogen and oxygen atoms in total. The van der Waals surface area contributed by atoms with Gasteiger partial charge in [0.1, 0.15) is 0 Å². The standard InChI is InChI=1S/C21H20N4O2S/c26-19(15-7-2-1-3-8-15)25-21-24-18-16(9-4-10-17(18)28-21)20(27)23-13-14-6-5-11-22-12-14/h1-3,5-8,11-12,16H,4,9-10,13H2,(H,23,27)(H,24,25,26)/t16-/m1/s1. The van der Waals surface area contributed by atoms with E-state index in [0.717, 1.165) is 35.4 Å². The second-order valence-electron chi connectivity index (χ2n) is 6.67. The SMILES string of the molecule is O=C(Nc1nc2c(s1)CCC[C@H]2C(=O)NCc1cccnc1)c1ccccc1. The number of pyridine rings is 1. The maximum absolute atomic E-state index is 12.7. The maximum atomic E-state index is 12.7. The fourth-order valence-corrected chi connectivity index (χ4v) is 4.36. The topological polar surface area (TPSA) is 84.0 Å². The van der Waals surface area contributed by atoms with E-state index < -0.39 is 0 Å². The predicted octanol–water partition coefficient (Wildman–Crippen LogP) is 3.53. The van der Waals surface area contributed by atoms with E-state index in [1.165, 1.54) is 11.3 Å². The van der Waals surface area contributed by atoms with E-state index in [0.29, 0.717) is 17.2 Å².